The van der Waals surface area contributed by atoms with Crippen LogP contribution >= 0.6 is 23.1 Å². The number of carbonyl (C=O) groups excluding carboxylic acids is 4. The minimum atomic E-state index is -0.501. The molecular formula is C39H38N4O5S2. The van der Waals surface area contributed by atoms with E-state index in [1.54, 1.807) is 54.7 Å². The second-order valence-corrected chi connectivity index (χ2v) is 14.3. The number of aromatic amines is 1. The first-order chi connectivity index (χ1) is 24.3. The predicted octanol–water partition coefficient (Wildman–Crippen LogP) is 8.20. The summed E-state index contributed by atoms with van der Waals surface area (Å²) in [4.78, 5) is 58.4. The summed E-state index contributed by atoms with van der Waals surface area (Å²) in [6.07, 6.45) is 8.84. The molecule has 4 N–H and O–H groups in total. The van der Waals surface area contributed by atoms with Gasteiger partial charge in [0, 0.05) is 43.7 Å². The number of benzene rings is 3. The molecule has 1 aliphatic carbocycles. The number of ether oxygens (including phenoxy) is 1. The van der Waals surface area contributed by atoms with E-state index in [0.29, 0.717) is 28.2 Å². The van der Waals surface area contributed by atoms with Crippen molar-refractivity contribution >= 4 is 74.5 Å². The highest BCUT2D eigenvalue weighted by Crippen LogP contribution is 2.39. The standard InChI is InChI=1S/C39H38N4O5S2/c1-3-32(37(46)43-38-34(39(47)48-2)29-18-8-5-9-20-33(29)50-38)49-27-16-12-15-26(22-27)41-36(45)31(42-35(44)24-13-6-4-7-14-24)21-25-23-40-30-19-11-10-17-28(25)30/h4,6-7,10-17,19,21-23,32,40H,3,5,8-9,18,20H2,1-2H3,(H,41,45)(H,42,44)(H,43,46)/b31-21-. The SMILES string of the molecule is CCC(Sc1cccc(NC(=O)/C(=C/c2c[nH]c3ccccc23)NC(=O)c2ccccc2)c1)C(=O)Nc1sc2c(c1C(=O)OC)CCCCC2. The van der Waals surface area contributed by atoms with Crippen molar-refractivity contribution in [1.29, 1.82) is 0 Å². The van der Waals surface area contributed by atoms with Gasteiger partial charge in [0.05, 0.1) is 17.9 Å². The van der Waals surface area contributed by atoms with Crippen LogP contribution in [-0.2, 0) is 27.2 Å². The van der Waals surface area contributed by atoms with E-state index in [4.69, 9.17) is 4.74 Å². The molecule has 1 aliphatic rings. The molecule has 2 heterocycles. The molecule has 9 nitrogen and oxygen atoms in total. The van der Waals surface area contributed by atoms with Gasteiger partial charge in [0.25, 0.3) is 11.8 Å². The number of rotatable bonds is 11. The molecule has 0 saturated carbocycles. The first kappa shape index (κ1) is 34.7. The van der Waals surface area contributed by atoms with Gasteiger partial charge in [-0.2, -0.15) is 0 Å². The molecule has 256 valence electrons. The Morgan fingerprint density at radius 1 is 0.940 bits per heavy atom. The molecule has 0 radical (unpaired) electrons. The number of thiophene rings is 1. The zero-order chi connectivity index (χ0) is 35.0. The quantitative estimate of drug-likeness (QED) is 0.0474. The number of aryl methyl sites for hydroxylation is 1. The fourth-order valence-electron chi connectivity index (χ4n) is 5.98. The molecular weight excluding hydrogens is 669 g/mol. The lowest BCUT2D eigenvalue weighted by Crippen LogP contribution is -2.30. The number of aromatic nitrogens is 1. The molecule has 1 atom stereocenters. The van der Waals surface area contributed by atoms with Gasteiger partial charge in [-0.3, -0.25) is 14.4 Å². The van der Waals surface area contributed by atoms with Crippen LogP contribution in [0.4, 0.5) is 10.7 Å². The van der Waals surface area contributed by atoms with Crippen molar-refractivity contribution in [3.05, 3.63) is 118 Å². The molecule has 0 saturated heterocycles. The zero-order valence-corrected chi connectivity index (χ0v) is 29.5. The molecule has 50 heavy (non-hydrogen) atoms. The summed E-state index contributed by atoms with van der Waals surface area (Å²) < 4.78 is 5.11. The fourth-order valence-corrected chi connectivity index (χ4v) is 8.28. The lowest BCUT2D eigenvalue weighted by molar-refractivity contribution is -0.116. The Labute approximate surface area is 298 Å². The van der Waals surface area contributed by atoms with Gasteiger partial charge >= 0.3 is 5.97 Å². The maximum Gasteiger partial charge on any atom is 0.341 e. The molecule has 0 bridgehead atoms. The van der Waals surface area contributed by atoms with E-state index in [9.17, 15) is 19.2 Å². The van der Waals surface area contributed by atoms with Crippen molar-refractivity contribution < 1.29 is 23.9 Å². The summed E-state index contributed by atoms with van der Waals surface area (Å²) in [5.41, 5.74) is 4.12. The van der Waals surface area contributed by atoms with Crippen LogP contribution < -0.4 is 16.0 Å². The summed E-state index contributed by atoms with van der Waals surface area (Å²) in [5.74, 6) is -1.55. The van der Waals surface area contributed by atoms with E-state index in [-0.39, 0.29) is 11.6 Å². The monoisotopic (exact) mass is 706 g/mol. The van der Waals surface area contributed by atoms with E-state index in [1.165, 1.54) is 30.2 Å². The number of nitrogens with one attached hydrogen (secondary N) is 4. The van der Waals surface area contributed by atoms with E-state index < -0.39 is 23.0 Å². The minimum absolute atomic E-state index is 0.0724. The summed E-state index contributed by atoms with van der Waals surface area (Å²) in [5, 5.41) is 9.75. The number of thioether (sulfide) groups is 1. The van der Waals surface area contributed by atoms with Gasteiger partial charge in [0.2, 0.25) is 5.91 Å². The summed E-state index contributed by atoms with van der Waals surface area (Å²) in [6, 6.07) is 23.7. The smallest absolute Gasteiger partial charge is 0.341 e. The molecule has 5 aromatic rings. The Hall–Kier alpha value is -5.13. The topological polar surface area (TPSA) is 129 Å². The number of H-pyrrole nitrogens is 1. The normalized spacial score (nSPS) is 13.5. The molecule has 0 spiro atoms. The Balaban J connectivity index is 1.20. The molecule has 0 fully saturated rings. The van der Waals surface area contributed by atoms with Gasteiger partial charge in [-0.1, -0.05) is 55.8 Å². The lowest BCUT2D eigenvalue weighted by Gasteiger charge is -2.16. The van der Waals surface area contributed by atoms with Crippen LogP contribution in [0.3, 0.4) is 0 Å². The summed E-state index contributed by atoms with van der Waals surface area (Å²) >= 11 is 2.84. The summed E-state index contributed by atoms with van der Waals surface area (Å²) in [7, 11) is 1.36. The maximum atomic E-state index is 13.7. The maximum absolute atomic E-state index is 13.7. The van der Waals surface area contributed by atoms with Crippen molar-refractivity contribution in [2.45, 2.75) is 55.6 Å². The summed E-state index contributed by atoms with van der Waals surface area (Å²) in [6.45, 7) is 1.94. The van der Waals surface area contributed by atoms with Crippen molar-refractivity contribution in [2.75, 3.05) is 17.7 Å². The fraction of sp³-hybridized carbons (Fsp3) is 0.231. The van der Waals surface area contributed by atoms with Crippen molar-refractivity contribution in [2.24, 2.45) is 0 Å². The number of para-hydroxylation sites is 1. The average Bonchev–Trinajstić information content (AvgIpc) is 3.61. The molecule has 2 aromatic heterocycles. The first-order valence-electron chi connectivity index (χ1n) is 16.6. The Bertz CT molecular complexity index is 2070. The molecule has 0 aliphatic heterocycles. The van der Waals surface area contributed by atoms with Gasteiger partial charge in [0.15, 0.2) is 0 Å². The highest BCUT2D eigenvalue weighted by molar-refractivity contribution is 8.00. The minimum Gasteiger partial charge on any atom is -0.465 e. The number of esters is 1. The lowest BCUT2D eigenvalue weighted by atomic mass is 10.1. The van der Waals surface area contributed by atoms with Crippen LogP contribution in [0.2, 0.25) is 0 Å². The van der Waals surface area contributed by atoms with E-state index >= 15 is 0 Å². The average molecular weight is 707 g/mol. The number of fused-ring (bicyclic) bond motifs is 2. The van der Waals surface area contributed by atoms with Gasteiger partial charge in [-0.15, -0.1) is 23.1 Å². The number of methoxy groups -OCH3 is 1. The first-order valence-corrected chi connectivity index (χ1v) is 18.3. The third-order valence-corrected chi connectivity index (χ3v) is 11.1. The largest absolute Gasteiger partial charge is 0.465 e. The van der Waals surface area contributed by atoms with Crippen LogP contribution in [0.1, 0.15) is 69.3 Å². The number of amides is 3. The van der Waals surface area contributed by atoms with Gasteiger partial charge in [-0.25, -0.2) is 4.79 Å². The Morgan fingerprint density at radius 2 is 1.72 bits per heavy atom. The highest BCUT2D eigenvalue weighted by atomic mass is 32.2. The van der Waals surface area contributed by atoms with Crippen LogP contribution in [-0.4, -0.2) is 41.0 Å². The number of anilines is 2. The van der Waals surface area contributed by atoms with Gasteiger partial charge < -0.3 is 25.7 Å². The highest BCUT2D eigenvalue weighted by Gasteiger charge is 2.28. The third kappa shape index (κ3) is 8.01. The van der Waals surface area contributed by atoms with Crippen molar-refractivity contribution in [3.63, 3.8) is 0 Å². The van der Waals surface area contributed by atoms with Crippen LogP contribution in [0.5, 0.6) is 0 Å². The second-order valence-electron chi connectivity index (χ2n) is 11.9. The van der Waals surface area contributed by atoms with Crippen LogP contribution in [0, 0.1) is 0 Å². The Morgan fingerprint density at radius 3 is 2.52 bits per heavy atom. The van der Waals surface area contributed by atoms with Crippen molar-refractivity contribution in [3.8, 4) is 0 Å². The molecule has 11 heteroatoms. The molecule has 3 amide bonds. The third-order valence-electron chi connectivity index (χ3n) is 8.53. The number of hydrogen-bond acceptors (Lipinski definition) is 7. The Kier molecular flexibility index (Phi) is 11.1. The van der Waals surface area contributed by atoms with Crippen LogP contribution in [0.25, 0.3) is 17.0 Å². The van der Waals surface area contributed by atoms with E-state index in [0.717, 1.165) is 63.9 Å². The van der Waals surface area contributed by atoms with E-state index in [2.05, 4.69) is 20.9 Å². The van der Waals surface area contributed by atoms with Gasteiger partial charge in [0.1, 0.15) is 10.7 Å². The van der Waals surface area contributed by atoms with Crippen molar-refractivity contribution in [1.82, 2.24) is 10.3 Å². The number of hydrogen-bond donors (Lipinski definition) is 4. The number of carbonyl (C=O) groups is 4. The second kappa shape index (κ2) is 16.1. The molecule has 1 unspecified atom stereocenters. The van der Waals surface area contributed by atoms with Crippen LogP contribution in [0.15, 0.2) is 95.7 Å². The molecule has 3 aromatic carbocycles. The van der Waals surface area contributed by atoms with Gasteiger partial charge in [-0.05, 0) is 80.1 Å². The predicted molar refractivity (Wildman–Crippen MR) is 201 cm³/mol. The zero-order valence-electron chi connectivity index (χ0n) is 27.8. The molecule has 6 rings (SSSR count). The van der Waals surface area contributed by atoms with E-state index in [1.807, 2.05) is 43.3 Å².